The van der Waals surface area contributed by atoms with Crippen molar-refractivity contribution in [1.29, 1.82) is 0 Å². The average molecular weight is 479 g/mol. The maximum atomic E-state index is 14.0. The van der Waals surface area contributed by atoms with Gasteiger partial charge >= 0.3 is 6.01 Å². The molecule has 174 valence electrons. The molecule has 2 unspecified atom stereocenters. The van der Waals surface area contributed by atoms with E-state index in [1.165, 1.54) is 12.4 Å². The van der Waals surface area contributed by atoms with E-state index in [0.717, 1.165) is 36.5 Å². The number of ether oxygens (including phenoxy) is 1. The van der Waals surface area contributed by atoms with E-state index in [2.05, 4.69) is 30.3 Å². The molecule has 33 heavy (non-hydrogen) atoms. The normalized spacial score (nSPS) is 26.3. The van der Waals surface area contributed by atoms with Crippen molar-refractivity contribution >= 4 is 23.4 Å². The van der Waals surface area contributed by atoms with Crippen LogP contribution in [-0.2, 0) is 0 Å². The molecule has 1 aliphatic carbocycles. The molecule has 2 aromatic heterocycles. The minimum atomic E-state index is -3.36. The summed E-state index contributed by atoms with van der Waals surface area (Å²) in [5.74, 6) is 0.159. The second-order valence-electron chi connectivity index (χ2n) is 8.38. The van der Waals surface area contributed by atoms with Crippen LogP contribution in [0.3, 0.4) is 0 Å². The maximum Gasteiger partial charge on any atom is 0.322 e. The first-order chi connectivity index (χ1) is 18.7. The summed E-state index contributed by atoms with van der Waals surface area (Å²) >= 11 is 5.92. The molecule has 1 aliphatic heterocycles. The molecule has 3 heterocycles. The van der Waals surface area contributed by atoms with Gasteiger partial charge in [-0.15, -0.1) is 5.10 Å². The Balaban J connectivity index is 1.48. The maximum absolute atomic E-state index is 14.0. The SMILES string of the molecule is [2H]C([2H])([2H])C([2H])(n1nc(NC2C3CCC2CN(c2cc(C)ncn2)C3)nc1Oc1cc(F)cc(Cl)c1)C([2H])([2H])[2H]. The second-order valence-corrected chi connectivity index (χ2v) is 8.81. The van der Waals surface area contributed by atoms with E-state index in [0.29, 0.717) is 17.8 Å². The molecule has 1 saturated heterocycles. The van der Waals surface area contributed by atoms with Gasteiger partial charge in [0, 0.05) is 50.2 Å². The van der Waals surface area contributed by atoms with Gasteiger partial charge in [0.25, 0.3) is 0 Å². The van der Waals surface area contributed by atoms with Crippen LogP contribution in [0.5, 0.6) is 11.8 Å². The third kappa shape index (κ3) is 4.59. The lowest BCUT2D eigenvalue weighted by Gasteiger charge is -2.38. The van der Waals surface area contributed by atoms with Crippen LogP contribution in [0, 0.1) is 24.6 Å². The number of aryl methyl sites for hydroxylation is 1. The van der Waals surface area contributed by atoms with Crippen molar-refractivity contribution in [3.05, 3.63) is 47.1 Å². The number of nitrogens with zero attached hydrogens (tertiary/aromatic N) is 6. The third-order valence-electron chi connectivity index (χ3n) is 6.08. The van der Waals surface area contributed by atoms with Crippen molar-refractivity contribution in [3.63, 3.8) is 0 Å². The van der Waals surface area contributed by atoms with Gasteiger partial charge in [0.1, 0.15) is 23.7 Å². The van der Waals surface area contributed by atoms with E-state index < -0.39 is 31.5 Å². The molecular formula is C23H27ClFN7O. The van der Waals surface area contributed by atoms with Crippen molar-refractivity contribution in [2.75, 3.05) is 23.3 Å². The number of rotatable bonds is 6. The first-order valence-corrected chi connectivity index (χ1v) is 10.9. The molecule has 2 fully saturated rings. The van der Waals surface area contributed by atoms with Crippen LogP contribution >= 0.6 is 11.6 Å². The summed E-state index contributed by atoms with van der Waals surface area (Å²) in [6.07, 6.45) is 3.37. The summed E-state index contributed by atoms with van der Waals surface area (Å²) in [6, 6.07) is 1.22. The van der Waals surface area contributed by atoms with E-state index in [1.54, 1.807) is 0 Å². The van der Waals surface area contributed by atoms with Crippen LogP contribution in [0.2, 0.25) is 5.02 Å². The largest absolute Gasteiger partial charge is 0.424 e. The van der Waals surface area contributed by atoms with Gasteiger partial charge in [0.05, 0.1) is 7.39 Å². The number of anilines is 2. The van der Waals surface area contributed by atoms with Crippen LogP contribution in [0.25, 0.3) is 0 Å². The van der Waals surface area contributed by atoms with Gasteiger partial charge in [-0.1, -0.05) is 11.6 Å². The van der Waals surface area contributed by atoms with Crippen LogP contribution in [-0.4, -0.2) is 43.9 Å². The molecule has 10 heteroatoms. The number of halogens is 2. The summed E-state index contributed by atoms with van der Waals surface area (Å²) in [7, 11) is 0. The lowest BCUT2D eigenvalue weighted by atomic mass is 9.92. The number of nitrogens with one attached hydrogen (secondary N) is 1. The van der Waals surface area contributed by atoms with Crippen LogP contribution in [0.15, 0.2) is 30.6 Å². The van der Waals surface area contributed by atoms with E-state index >= 15 is 0 Å². The number of benzene rings is 1. The zero-order valence-electron chi connectivity index (χ0n) is 24.8. The third-order valence-corrected chi connectivity index (χ3v) is 6.30. The van der Waals surface area contributed by atoms with Gasteiger partial charge in [0.15, 0.2) is 0 Å². The molecule has 2 bridgehead atoms. The monoisotopic (exact) mass is 478 g/mol. The number of hydrogen-bond donors (Lipinski definition) is 1. The van der Waals surface area contributed by atoms with Gasteiger partial charge < -0.3 is 15.0 Å². The topological polar surface area (TPSA) is 81.0 Å². The quantitative estimate of drug-likeness (QED) is 0.541. The average Bonchev–Trinajstić information content (AvgIpc) is 3.31. The highest BCUT2D eigenvalue weighted by Crippen LogP contribution is 2.40. The summed E-state index contributed by atoms with van der Waals surface area (Å²) in [5.41, 5.74) is 0.863. The van der Waals surface area contributed by atoms with Gasteiger partial charge in [-0.3, -0.25) is 0 Å². The van der Waals surface area contributed by atoms with E-state index in [-0.39, 0.29) is 34.6 Å². The molecule has 1 saturated carbocycles. The molecule has 2 aliphatic rings. The predicted molar refractivity (Wildman–Crippen MR) is 124 cm³/mol. The highest BCUT2D eigenvalue weighted by molar-refractivity contribution is 6.30. The Morgan fingerprint density at radius 1 is 1.21 bits per heavy atom. The molecular weight excluding hydrogens is 445 g/mol. The zero-order chi connectivity index (χ0) is 29.0. The number of hydrogen-bond acceptors (Lipinski definition) is 7. The Morgan fingerprint density at radius 2 is 2.00 bits per heavy atom. The Kier molecular flexibility index (Phi) is 4.00. The van der Waals surface area contributed by atoms with Crippen LogP contribution in [0.1, 0.15) is 47.9 Å². The van der Waals surface area contributed by atoms with Gasteiger partial charge in [-0.05, 0) is 57.4 Å². The molecule has 2 atom stereocenters. The van der Waals surface area contributed by atoms with Crippen molar-refractivity contribution in [3.8, 4) is 11.8 Å². The van der Waals surface area contributed by atoms with E-state index in [9.17, 15) is 4.39 Å². The highest BCUT2D eigenvalue weighted by Gasteiger charge is 2.43. The van der Waals surface area contributed by atoms with Crippen LogP contribution < -0.4 is 15.0 Å². The van der Waals surface area contributed by atoms with Crippen molar-refractivity contribution in [1.82, 2.24) is 24.7 Å². The van der Waals surface area contributed by atoms with Crippen molar-refractivity contribution in [2.24, 2.45) is 11.8 Å². The molecule has 5 rings (SSSR count). The lowest BCUT2D eigenvalue weighted by Crippen LogP contribution is -2.48. The van der Waals surface area contributed by atoms with Crippen molar-refractivity contribution < 1.29 is 18.7 Å². The number of piperidine rings is 1. The minimum absolute atomic E-state index is 0.00888. The van der Waals surface area contributed by atoms with Crippen LogP contribution in [0.4, 0.5) is 16.2 Å². The summed E-state index contributed by atoms with van der Waals surface area (Å²) < 4.78 is 76.1. The van der Waals surface area contributed by atoms with Gasteiger partial charge in [-0.25, -0.2) is 19.0 Å². The molecule has 3 aromatic rings. The summed E-state index contributed by atoms with van der Waals surface area (Å²) in [4.78, 5) is 15.0. The fourth-order valence-corrected chi connectivity index (χ4v) is 4.88. The van der Waals surface area contributed by atoms with E-state index in [1.807, 2.05) is 13.0 Å². The Bertz CT molecular complexity index is 1350. The fraction of sp³-hybridized carbons (Fsp3) is 0.478. The zero-order valence-corrected chi connectivity index (χ0v) is 18.6. The smallest absolute Gasteiger partial charge is 0.322 e. The standard InChI is InChI=1S/C23H27ClFN7O/c1-13(2)32-23(33-19-8-17(24)7-18(25)9-19)29-22(30-32)28-21-15-4-5-16(21)11-31(10-15)20-6-14(3)26-12-27-20/h6-9,12-13,15-16,21H,4-5,10-11H2,1-3H3,(H,28,30)/i1D3,2D3,13D. The van der Waals surface area contributed by atoms with Gasteiger partial charge in [-0.2, -0.15) is 4.98 Å². The number of fused-ring (bicyclic) bond motifs is 2. The molecule has 8 nitrogen and oxygen atoms in total. The summed E-state index contributed by atoms with van der Waals surface area (Å²) in [6.45, 7) is -3.42. The second kappa shape index (κ2) is 8.78. The Hall–Kier alpha value is -2.94. The van der Waals surface area contributed by atoms with E-state index in [4.69, 9.17) is 25.9 Å². The highest BCUT2D eigenvalue weighted by atomic mass is 35.5. The Morgan fingerprint density at radius 3 is 2.70 bits per heavy atom. The molecule has 1 aromatic carbocycles. The number of aromatic nitrogens is 5. The molecule has 0 spiro atoms. The van der Waals surface area contributed by atoms with Gasteiger partial charge in [0.2, 0.25) is 5.95 Å². The first kappa shape index (κ1) is 15.1. The first-order valence-electron chi connectivity index (χ1n) is 14.1. The Labute approximate surface area is 207 Å². The van der Waals surface area contributed by atoms with Crippen molar-refractivity contribution in [2.45, 2.75) is 45.5 Å². The molecule has 1 N–H and O–H groups in total. The summed E-state index contributed by atoms with van der Waals surface area (Å²) in [5, 5.41) is 7.37. The lowest BCUT2D eigenvalue weighted by molar-refractivity contribution is 0.373. The fourth-order valence-electron chi connectivity index (χ4n) is 4.67. The molecule has 0 radical (unpaired) electrons. The minimum Gasteiger partial charge on any atom is -0.424 e. The predicted octanol–water partition coefficient (Wildman–Crippen LogP) is 4.87. The molecule has 0 amide bonds.